The van der Waals surface area contributed by atoms with Crippen LogP contribution < -0.4 is 4.74 Å². The van der Waals surface area contributed by atoms with Crippen molar-refractivity contribution in [1.82, 2.24) is 9.80 Å². The van der Waals surface area contributed by atoms with Gasteiger partial charge in [0.15, 0.2) is 5.78 Å². The summed E-state index contributed by atoms with van der Waals surface area (Å²) in [5.41, 5.74) is 2.17. The van der Waals surface area contributed by atoms with E-state index >= 15 is 0 Å². The number of hydrogen-bond donors (Lipinski definition) is 0. The molecule has 0 atom stereocenters. The Morgan fingerprint density at radius 1 is 0.794 bits per heavy atom. The smallest absolute Gasteiger partial charge is 0.434 e. The average molecular weight is 467 g/mol. The topological polar surface area (TPSA) is 93.2 Å². The van der Waals surface area contributed by atoms with Gasteiger partial charge in [0.1, 0.15) is 5.75 Å². The molecule has 1 aliphatic heterocycles. The summed E-state index contributed by atoms with van der Waals surface area (Å²) in [5, 5.41) is 0. The number of benzene rings is 2. The van der Waals surface area contributed by atoms with Gasteiger partial charge in [0.25, 0.3) is 5.91 Å². The summed E-state index contributed by atoms with van der Waals surface area (Å²) in [6.07, 6.45) is 0.191. The summed E-state index contributed by atoms with van der Waals surface area (Å²) >= 11 is 0. The molecule has 0 spiro atoms. The summed E-state index contributed by atoms with van der Waals surface area (Å²) in [5.74, 6) is 0.0277. The van der Waals surface area contributed by atoms with E-state index in [0.717, 1.165) is 5.56 Å². The van der Waals surface area contributed by atoms with E-state index in [1.54, 1.807) is 53.1 Å². The summed E-state index contributed by atoms with van der Waals surface area (Å²) in [6.45, 7) is 5.78. The molecule has 0 N–H and O–H groups in total. The van der Waals surface area contributed by atoms with Crippen molar-refractivity contribution in [2.75, 3.05) is 32.8 Å². The third-order valence-corrected chi connectivity index (χ3v) is 5.64. The summed E-state index contributed by atoms with van der Waals surface area (Å²) in [6, 6.07) is 13.6. The highest BCUT2D eigenvalue weighted by atomic mass is 16.7. The normalized spacial score (nSPS) is 13.7. The lowest BCUT2D eigenvalue weighted by Crippen LogP contribution is -2.37. The highest BCUT2D eigenvalue weighted by Crippen LogP contribution is 2.16. The first-order chi connectivity index (χ1) is 16.4. The fraction of sp³-hybridized carbons (Fsp3) is 0.385. The molecule has 3 rings (SSSR count). The molecule has 1 aliphatic rings. The molecule has 0 radical (unpaired) electrons. The first kappa shape index (κ1) is 25.0. The number of aryl methyl sites for hydroxylation is 1. The molecule has 2 aromatic rings. The molecule has 8 heteroatoms. The van der Waals surface area contributed by atoms with Gasteiger partial charge in [0.2, 0.25) is 5.91 Å². The van der Waals surface area contributed by atoms with Crippen molar-refractivity contribution >= 4 is 23.8 Å². The van der Waals surface area contributed by atoms with Crippen LogP contribution in [0.5, 0.6) is 5.75 Å². The second kappa shape index (κ2) is 12.0. The number of amides is 2. The second-order valence-electron chi connectivity index (χ2n) is 8.13. The minimum absolute atomic E-state index is 0.0460. The third-order valence-electron chi connectivity index (χ3n) is 5.64. The highest BCUT2D eigenvalue weighted by Gasteiger charge is 2.23. The van der Waals surface area contributed by atoms with Crippen LogP contribution in [-0.2, 0) is 9.53 Å². The van der Waals surface area contributed by atoms with E-state index in [9.17, 15) is 19.2 Å². The van der Waals surface area contributed by atoms with Crippen LogP contribution in [0.2, 0.25) is 0 Å². The molecule has 1 heterocycles. The number of hydrogen-bond acceptors (Lipinski definition) is 6. The number of nitrogens with zero attached hydrogens (tertiary/aromatic N) is 2. The Hall–Kier alpha value is -3.68. The van der Waals surface area contributed by atoms with E-state index in [2.05, 4.69) is 0 Å². The zero-order valence-electron chi connectivity index (χ0n) is 19.6. The van der Waals surface area contributed by atoms with E-state index in [1.165, 1.54) is 0 Å². The zero-order chi connectivity index (χ0) is 24.5. The Morgan fingerprint density at radius 3 is 2.09 bits per heavy atom. The molecule has 0 unspecified atom stereocenters. The first-order valence-corrected chi connectivity index (χ1v) is 11.5. The summed E-state index contributed by atoms with van der Waals surface area (Å²) in [7, 11) is 0. The van der Waals surface area contributed by atoms with Gasteiger partial charge in [0, 0.05) is 50.1 Å². The van der Waals surface area contributed by atoms with Gasteiger partial charge in [-0.15, -0.1) is 0 Å². The largest absolute Gasteiger partial charge is 0.513 e. The highest BCUT2D eigenvalue weighted by molar-refractivity contribution is 5.98. The van der Waals surface area contributed by atoms with Crippen molar-refractivity contribution in [2.24, 2.45) is 0 Å². The van der Waals surface area contributed by atoms with Crippen molar-refractivity contribution in [2.45, 2.75) is 33.1 Å². The van der Waals surface area contributed by atoms with E-state index in [1.807, 2.05) is 19.1 Å². The predicted molar refractivity (Wildman–Crippen MR) is 126 cm³/mol. The third kappa shape index (κ3) is 6.91. The predicted octanol–water partition coefficient (Wildman–Crippen LogP) is 3.87. The summed E-state index contributed by atoms with van der Waals surface area (Å²) < 4.78 is 9.75. The van der Waals surface area contributed by atoms with Gasteiger partial charge in [-0.2, -0.15) is 0 Å². The lowest BCUT2D eigenvalue weighted by Gasteiger charge is -2.22. The van der Waals surface area contributed by atoms with Crippen LogP contribution in [0, 0.1) is 6.92 Å². The molecule has 1 fully saturated rings. The fourth-order valence-electron chi connectivity index (χ4n) is 3.72. The Morgan fingerprint density at radius 2 is 1.41 bits per heavy atom. The van der Waals surface area contributed by atoms with Crippen LogP contribution in [0.25, 0.3) is 0 Å². The molecule has 0 saturated carbocycles. The molecular formula is C26H30N2O6. The standard InChI is InChI=1S/C26H30N2O6/c1-3-33-26(32)34-22-11-9-21(10-12-22)25(31)28-16-4-15-27(17-18-28)24(30)14-13-23(29)20-7-5-19(2)6-8-20/h5-12H,3-4,13-18H2,1-2H3. The fourth-order valence-corrected chi connectivity index (χ4v) is 3.72. The summed E-state index contributed by atoms with van der Waals surface area (Å²) in [4.78, 5) is 52.8. The quantitative estimate of drug-likeness (QED) is 0.349. The maximum atomic E-state index is 12.9. The number of carbonyl (C=O) groups is 4. The number of rotatable bonds is 7. The van der Waals surface area contributed by atoms with Gasteiger partial charge in [-0.1, -0.05) is 29.8 Å². The lowest BCUT2D eigenvalue weighted by molar-refractivity contribution is -0.131. The Labute approximate surface area is 199 Å². The SMILES string of the molecule is CCOC(=O)Oc1ccc(C(=O)N2CCCN(C(=O)CCC(=O)c3ccc(C)cc3)CC2)cc1. The number of ether oxygens (including phenoxy) is 2. The van der Waals surface area contributed by atoms with Crippen molar-refractivity contribution in [3.8, 4) is 5.75 Å². The molecule has 8 nitrogen and oxygen atoms in total. The van der Waals surface area contributed by atoms with Crippen LogP contribution in [0.3, 0.4) is 0 Å². The van der Waals surface area contributed by atoms with Crippen molar-refractivity contribution in [1.29, 1.82) is 0 Å². The monoisotopic (exact) mass is 466 g/mol. The molecule has 34 heavy (non-hydrogen) atoms. The molecule has 0 aromatic heterocycles. The van der Waals surface area contributed by atoms with Crippen molar-refractivity contribution in [3.05, 3.63) is 65.2 Å². The van der Waals surface area contributed by atoms with Crippen LogP contribution in [-0.4, -0.2) is 66.3 Å². The van der Waals surface area contributed by atoms with Crippen LogP contribution in [0.4, 0.5) is 4.79 Å². The number of ketones is 1. The van der Waals surface area contributed by atoms with Crippen molar-refractivity contribution in [3.63, 3.8) is 0 Å². The van der Waals surface area contributed by atoms with Crippen molar-refractivity contribution < 1.29 is 28.7 Å². The lowest BCUT2D eigenvalue weighted by atomic mass is 10.0. The zero-order valence-corrected chi connectivity index (χ0v) is 19.6. The average Bonchev–Trinajstić information content (AvgIpc) is 3.09. The van der Waals surface area contributed by atoms with E-state index in [0.29, 0.717) is 49.5 Å². The van der Waals surface area contributed by atoms with Gasteiger partial charge in [-0.25, -0.2) is 4.79 Å². The number of carbonyl (C=O) groups excluding carboxylic acids is 4. The van der Waals surface area contributed by atoms with Crippen LogP contribution >= 0.6 is 0 Å². The Kier molecular flexibility index (Phi) is 8.79. The molecule has 0 bridgehead atoms. The minimum atomic E-state index is -0.792. The van der Waals surface area contributed by atoms with Gasteiger partial charge < -0.3 is 19.3 Å². The van der Waals surface area contributed by atoms with E-state index < -0.39 is 6.16 Å². The minimum Gasteiger partial charge on any atom is -0.434 e. The van der Waals surface area contributed by atoms with Crippen LogP contribution in [0.1, 0.15) is 52.5 Å². The molecule has 0 aliphatic carbocycles. The van der Waals surface area contributed by atoms with Crippen LogP contribution in [0.15, 0.2) is 48.5 Å². The van der Waals surface area contributed by atoms with E-state index in [4.69, 9.17) is 9.47 Å². The molecular weight excluding hydrogens is 436 g/mol. The number of Topliss-reactive ketones (excluding diaryl/α,β-unsaturated/α-hetero) is 1. The second-order valence-corrected chi connectivity index (χ2v) is 8.13. The van der Waals surface area contributed by atoms with E-state index in [-0.39, 0.29) is 37.0 Å². The first-order valence-electron chi connectivity index (χ1n) is 11.5. The molecule has 180 valence electrons. The van der Waals surface area contributed by atoms with Gasteiger partial charge in [0.05, 0.1) is 6.61 Å². The maximum absolute atomic E-state index is 12.9. The maximum Gasteiger partial charge on any atom is 0.513 e. The molecule has 1 saturated heterocycles. The molecule has 2 amide bonds. The van der Waals surface area contributed by atoms with Gasteiger partial charge >= 0.3 is 6.16 Å². The Bertz CT molecular complexity index is 1020. The Balaban J connectivity index is 1.49. The van der Waals surface area contributed by atoms with Gasteiger partial charge in [-0.3, -0.25) is 14.4 Å². The molecule has 2 aromatic carbocycles. The van der Waals surface area contributed by atoms with Gasteiger partial charge in [-0.05, 0) is 44.5 Å².